The third-order valence-electron chi connectivity index (χ3n) is 3.76. The van der Waals surface area contributed by atoms with E-state index in [4.69, 9.17) is 6.42 Å². The molecule has 2 amide bonds. The SMILES string of the molecule is C#CCN(CC1CC1)C(=O)N1CCCCC1C(=O)O. The number of carboxylic acids is 1. The average molecular weight is 264 g/mol. The molecule has 2 aliphatic rings. The van der Waals surface area contributed by atoms with Crippen molar-refractivity contribution in [1.29, 1.82) is 0 Å². The van der Waals surface area contributed by atoms with E-state index in [9.17, 15) is 14.7 Å². The van der Waals surface area contributed by atoms with Crippen molar-refractivity contribution >= 4 is 12.0 Å². The first kappa shape index (κ1) is 13.7. The van der Waals surface area contributed by atoms with Gasteiger partial charge in [-0.3, -0.25) is 0 Å². The van der Waals surface area contributed by atoms with Crippen LogP contribution in [0.2, 0.25) is 0 Å². The first-order valence-corrected chi connectivity index (χ1v) is 6.85. The Kier molecular flexibility index (Phi) is 4.31. The van der Waals surface area contributed by atoms with Crippen molar-refractivity contribution in [2.24, 2.45) is 5.92 Å². The summed E-state index contributed by atoms with van der Waals surface area (Å²) < 4.78 is 0. The summed E-state index contributed by atoms with van der Waals surface area (Å²) in [4.78, 5) is 26.8. The predicted octanol–water partition coefficient (Wildman–Crippen LogP) is 1.39. The van der Waals surface area contributed by atoms with Crippen molar-refractivity contribution in [1.82, 2.24) is 9.80 Å². The summed E-state index contributed by atoms with van der Waals surface area (Å²) in [6.07, 6.45) is 9.84. The van der Waals surface area contributed by atoms with Gasteiger partial charge in [0.05, 0.1) is 6.54 Å². The van der Waals surface area contributed by atoms with Crippen LogP contribution in [-0.2, 0) is 4.79 Å². The summed E-state index contributed by atoms with van der Waals surface area (Å²) in [6, 6.07) is -0.905. The zero-order valence-corrected chi connectivity index (χ0v) is 11.0. The molecule has 0 aromatic rings. The average Bonchev–Trinajstić information content (AvgIpc) is 3.21. The van der Waals surface area contributed by atoms with Gasteiger partial charge in [-0.15, -0.1) is 6.42 Å². The molecule has 0 aromatic heterocycles. The first-order chi connectivity index (χ1) is 9.13. The van der Waals surface area contributed by atoms with Crippen LogP contribution in [0.15, 0.2) is 0 Å². The van der Waals surface area contributed by atoms with Crippen molar-refractivity contribution in [3.63, 3.8) is 0 Å². The molecule has 1 saturated carbocycles. The lowest BCUT2D eigenvalue weighted by atomic mass is 10.0. The number of amides is 2. The minimum Gasteiger partial charge on any atom is -0.480 e. The summed E-state index contributed by atoms with van der Waals surface area (Å²) in [7, 11) is 0. The molecule has 1 saturated heterocycles. The van der Waals surface area contributed by atoms with Crippen LogP contribution in [0.3, 0.4) is 0 Å². The summed E-state index contributed by atoms with van der Waals surface area (Å²) in [5.41, 5.74) is 0. The molecule has 1 atom stereocenters. The van der Waals surface area contributed by atoms with Gasteiger partial charge in [-0.25, -0.2) is 9.59 Å². The molecule has 19 heavy (non-hydrogen) atoms. The molecule has 1 N–H and O–H groups in total. The summed E-state index contributed by atoms with van der Waals surface area (Å²) in [6.45, 7) is 1.44. The third-order valence-corrected chi connectivity index (χ3v) is 3.76. The van der Waals surface area contributed by atoms with Crippen LogP contribution in [0, 0.1) is 18.3 Å². The molecule has 0 spiro atoms. The van der Waals surface area contributed by atoms with Gasteiger partial charge in [0.15, 0.2) is 0 Å². The predicted molar refractivity (Wildman–Crippen MR) is 70.5 cm³/mol. The molecule has 0 bridgehead atoms. The molecule has 1 aliphatic carbocycles. The highest BCUT2D eigenvalue weighted by Crippen LogP contribution is 2.30. The number of piperidine rings is 1. The number of terminal acetylenes is 1. The molecule has 0 aromatic carbocycles. The van der Waals surface area contributed by atoms with Crippen LogP contribution in [0.4, 0.5) is 4.79 Å². The number of likely N-dealkylation sites (tertiary alicyclic amines) is 1. The highest BCUT2D eigenvalue weighted by Gasteiger charge is 2.35. The van der Waals surface area contributed by atoms with E-state index in [1.807, 2.05) is 0 Å². The van der Waals surface area contributed by atoms with Crippen LogP contribution in [0.25, 0.3) is 0 Å². The Morgan fingerprint density at radius 2 is 2.05 bits per heavy atom. The fourth-order valence-corrected chi connectivity index (χ4v) is 2.53. The number of hydrogen-bond donors (Lipinski definition) is 1. The second-order valence-corrected chi connectivity index (χ2v) is 5.35. The summed E-state index contributed by atoms with van der Waals surface area (Å²) in [5, 5.41) is 9.21. The smallest absolute Gasteiger partial charge is 0.326 e. The minimum atomic E-state index is -0.917. The normalized spacial score (nSPS) is 22.7. The molecular formula is C14H20N2O3. The van der Waals surface area contributed by atoms with Crippen LogP contribution >= 0.6 is 0 Å². The van der Waals surface area contributed by atoms with Crippen molar-refractivity contribution < 1.29 is 14.7 Å². The third kappa shape index (κ3) is 3.40. The number of carboxylic acid groups (broad SMARTS) is 1. The number of carbonyl (C=O) groups excluding carboxylic acids is 1. The highest BCUT2D eigenvalue weighted by molar-refractivity contribution is 5.83. The maximum Gasteiger partial charge on any atom is 0.326 e. The Hall–Kier alpha value is -1.70. The molecule has 0 radical (unpaired) electrons. The van der Waals surface area contributed by atoms with Gasteiger partial charge in [0.1, 0.15) is 6.04 Å². The zero-order valence-electron chi connectivity index (χ0n) is 11.0. The Morgan fingerprint density at radius 3 is 2.63 bits per heavy atom. The topological polar surface area (TPSA) is 60.9 Å². The van der Waals surface area contributed by atoms with Gasteiger partial charge in [0.25, 0.3) is 0 Å². The van der Waals surface area contributed by atoms with Gasteiger partial charge in [-0.1, -0.05) is 5.92 Å². The van der Waals surface area contributed by atoms with Crippen molar-refractivity contribution in [2.75, 3.05) is 19.6 Å². The number of rotatable bonds is 4. The molecule has 1 heterocycles. The zero-order chi connectivity index (χ0) is 13.8. The molecule has 1 aliphatic heterocycles. The van der Waals surface area contributed by atoms with Gasteiger partial charge >= 0.3 is 12.0 Å². The lowest BCUT2D eigenvalue weighted by Gasteiger charge is -2.36. The maximum atomic E-state index is 12.5. The van der Waals surface area contributed by atoms with E-state index >= 15 is 0 Å². The maximum absolute atomic E-state index is 12.5. The van der Waals surface area contributed by atoms with Gasteiger partial charge < -0.3 is 14.9 Å². The number of carbonyl (C=O) groups is 2. The van der Waals surface area contributed by atoms with Crippen LogP contribution in [0.1, 0.15) is 32.1 Å². The monoisotopic (exact) mass is 264 g/mol. The molecule has 2 fully saturated rings. The molecule has 104 valence electrons. The Balaban J connectivity index is 2.04. The fraction of sp³-hybridized carbons (Fsp3) is 0.714. The van der Waals surface area contributed by atoms with Crippen molar-refractivity contribution in [2.45, 2.75) is 38.1 Å². The van der Waals surface area contributed by atoms with Crippen molar-refractivity contribution in [3.8, 4) is 12.3 Å². The molecule has 5 nitrogen and oxygen atoms in total. The van der Waals surface area contributed by atoms with E-state index < -0.39 is 12.0 Å². The van der Waals surface area contributed by atoms with E-state index in [1.165, 1.54) is 4.90 Å². The van der Waals surface area contributed by atoms with Crippen LogP contribution in [-0.4, -0.2) is 52.6 Å². The molecular weight excluding hydrogens is 244 g/mol. The van der Waals surface area contributed by atoms with Crippen LogP contribution < -0.4 is 0 Å². The Morgan fingerprint density at radius 1 is 1.32 bits per heavy atom. The van der Waals surface area contributed by atoms with E-state index in [-0.39, 0.29) is 12.6 Å². The first-order valence-electron chi connectivity index (χ1n) is 6.85. The van der Waals surface area contributed by atoms with E-state index in [0.29, 0.717) is 25.4 Å². The van der Waals surface area contributed by atoms with E-state index in [1.54, 1.807) is 4.90 Å². The fourth-order valence-electron chi connectivity index (χ4n) is 2.53. The second-order valence-electron chi connectivity index (χ2n) is 5.35. The number of nitrogens with zero attached hydrogens (tertiary/aromatic N) is 2. The van der Waals surface area contributed by atoms with Gasteiger partial charge in [0, 0.05) is 13.1 Å². The van der Waals surface area contributed by atoms with Crippen molar-refractivity contribution in [3.05, 3.63) is 0 Å². The molecule has 2 rings (SSSR count). The summed E-state index contributed by atoms with van der Waals surface area (Å²) in [5.74, 6) is 2.13. The second kappa shape index (κ2) is 5.96. The summed E-state index contributed by atoms with van der Waals surface area (Å²) >= 11 is 0. The Labute approximate surface area is 113 Å². The van der Waals surface area contributed by atoms with Crippen LogP contribution in [0.5, 0.6) is 0 Å². The van der Waals surface area contributed by atoms with Gasteiger partial charge in [-0.2, -0.15) is 0 Å². The Bertz CT molecular complexity index is 398. The molecule has 5 heteroatoms. The number of aliphatic carboxylic acids is 1. The van der Waals surface area contributed by atoms with Gasteiger partial charge in [-0.05, 0) is 38.0 Å². The standard InChI is InChI=1S/C14H20N2O3/c1-2-8-15(10-11-6-7-11)14(19)16-9-4-3-5-12(16)13(17)18/h1,11-12H,3-10H2,(H,17,18). The minimum absolute atomic E-state index is 0.211. The lowest BCUT2D eigenvalue weighted by Crippen LogP contribution is -2.53. The van der Waals surface area contributed by atoms with E-state index in [0.717, 1.165) is 25.7 Å². The highest BCUT2D eigenvalue weighted by atomic mass is 16.4. The number of urea groups is 1. The quantitative estimate of drug-likeness (QED) is 0.781. The number of hydrogen-bond acceptors (Lipinski definition) is 2. The van der Waals surface area contributed by atoms with E-state index in [2.05, 4.69) is 5.92 Å². The van der Waals surface area contributed by atoms with Gasteiger partial charge in [0.2, 0.25) is 0 Å². The largest absolute Gasteiger partial charge is 0.480 e. The molecule has 1 unspecified atom stereocenters. The lowest BCUT2D eigenvalue weighted by molar-refractivity contribution is -0.143.